The van der Waals surface area contributed by atoms with Crippen LogP contribution in [0, 0.1) is 0 Å². The van der Waals surface area contributed by atoms with Gasteiger partial charge in [0.2, 0.25) is 5.91 Å². The van der Waals surface area contributed by atoms with Crippen LogP contribution < -0.4 is 5.32 Å². The SMILES string of the molecule is CC/C=C\C/C=C\C/C=C\C/C=C\C/C=C\C/C=C\C/C=C\C/C=C\CCCCCCCCC(=O)NC(COC1OC(CO)C(O)C(O)C1O)C(O)CCCCCCCCCCCC. The van der Waals surface area contributed by atoms with Gasteiger partial charge in [0.05, 0.1) is 25.4 Å². The van der Waals surface area contributed by atoms with Crippen molar-refractivity contribution in [2.24, 2.45) is 0 Å². The Morgan fingerprint density at radius 3 is 1.44 bits per heavy atom. The fraction of sp³-hybridized carbons (Fsp3) is 0.691. The van der Waals surface area contributed by atoms with Crippen molar-refractivity contribution >= 4 is 5.91 Å². The third kappa shape index (κ3) is 33.6. The van der Waals surface area contributed by atoms with Crippen molar-refractivity contribution < 1.29 is 39.8 Å². The number of carbonyl (C=O) groups is 1. The summed E-state index contributed by atoms with van der Waals surface area (Å²) in [6, 6.07) is -0.732. The lowest BCUT2D eigenvalue weighted by molar-refractivity contribution is -0.302. The van der Waals surface area contributed by atoms with E-state index < -0.39 is 49.5 Å². The lowest BCUT2D eigenvalue weighted by Crippen LogP contribution is -2.60. The molecule has 0 aromatic carbocycles. The van der Waals surface area contributed by atoms with Crippen LogP contribution in [-0.4, -0.2) is 87.5 Å². The maximum absolute atomic E-state index is 13.0. The molecular weight excluding hydrogens is 803 g/mol. The third-order valence-corrected chi connectivity index (χ3v) is 11.5. The van der Waals surface area contributed by atoms with E-state index in [1.54, 1.807) is 0 Å². The molecule has 1 heterocycles. The van der Waals surface area contributed by atoms with Crippen molar-refractivity contribution in [1.29, 1.82) is 0 Å². The molecule has 0 radical (unpaired) electrons. The summed E-state index contributed by atoms with van der Waals surface area (Å²) >= 11 is 0. The predicted octanol–water partition coefficient (Wildman–Crippen LogP) is 11.7. The van der Waals surface area contributed by atoms with E-state index in [1.165, 1.54) is 44.9 Å². The normalized spacial score (nSPS) is 20.9. The maximum Gasteiger partial charge on any atom is 0.220 e. The highest BCUT2D eigenvalue weighted by Gasteiger charge is 2.44. The molecule has 0 spiro atoms. The Hall–Kier alpha value is -2.89. The number of unbranched alkanes of at least 4 members (excludes halogenated alkanes) is 15. The van der Waals surface area contributed by atoms with Gasteiger partial charge in [-0.25, -0.2) is 0 Å². The number of amides is 1. The van der Waals surface area contributed by atoms with Crippen LogP contribution in [0.3, 0.4) is 0 Å². The van der Waals surface area contributed by atoms with Gasteiger partial charge in [-0.2, -0.15) is 0 Å². The van der Waals surface area contributed by atoms with E-state index in [-0.39, 0.29) is 12.5 Å². The molecule has 9 nitrogen and oxygen atoms in total. The molecule has 7 unspecified atom stereocenters. The van der Waals surface area contributed by atoms with Crippen LogP contribution in [0.2, 0.25) is 0 Å². The Kier molecular flexibility index (Phi) is 40.6. The molecule has 366 valence electrons. The zero-order valence-electron chi connectivity index (χ0n) is 40.2. The minimum Gasteiger partial charge on any atom is -0.394 e. The average molecular weight is 896 g/mol. The molecule has 0 saturated carbocycles. The van der Waals surface area contributed by atoms with Crippen molar-refractivity contribution in [3.63, 3.8) is 0 Å². The minimum atomic E-state index is -1.56. The molecule has 0 aromatic rings. The quantitative estimate of drug-likeness (QED) is 0.0262. The van der Waals surface area contributed by atoms with Crippen molar-refractivity contribution in [2.45, 2.75) is 230 Å². The van der Waals surface area contributed by atoms with E-state index >= 15 is 0 Å². The lowest BCUT2D eigenvalue weighted by Gasteiger charge is -2.40. The molecule has 9 heteroatoms. The van der Waals surface area contributed by atoms with Crippen LogP contribution in [0.1, 0.15) is 187 Å². The van der Waals surface area contributed by atoms with Crippen LogP contribution in [0.5, 0.6) is 0 Å². The number of ether oxygens (including phenoxy) is 2. The number of aliphatic hydroxyl groups excluding tert-OH is 5. The number of allylic oxidation sites excluding steroid dienone is 16. The summed E-state index contributed by atoms with van der Waals surface area (Å²) in [5.41, 5.74) is 0. The minimum absolute atomic E-state index is 0.150. The second kappa shape index (κ2) is 44.0. The summed E-state index contributed by atoms with van der Waals surface area (Å²) < 4.78 is 11.2. The standard InChI is InChI=1S/C55H93NO8/c1-3-5-7-9-11-13-15-16-17-18-19-20-21-22-23-24-25-26-27-28-29-30-31-32-33-34-35-37-39-41-43-45-51(59)56-48(47-63-55-54(62)53(61)52(60)50(46-57)64-55)49(58)44-42-40-38-36-14-12-10-8-6-4-2/h5,7,11,13,16-17,19-20,22-23,25-26,28-29,31-32,48-50,52-55,57-58,60-62H,3-4,6,8-10,12,14-15,18,21,24,27,30,33-47H2,1-2H3,(H,56,59)/b7-5-,13-11-,17-16-,20-19-,23-22-,26-25-,29-28-,32-31-. The van der Waals surface area contributed by atoms with Gasteiger partial charge in [0.1, 0.15) is 24.4 Å². The zero-order valence-corrected chi connectivity index (χ0v) is 40.2. The highest BCUT2D eigenvalue weighted by atomic mass is 16.7. The van der Waals surface area contributed by atoms with Crippen LogP contribution >= 0.6 is 0 Å². The molecule has 1 fully saturated rings. The highest BCUT2D eigenvalue weighted by molar-refractivity contribution is 5.76. The van der Waals surface area contributed by atoms with Gasteiger partial charge in [-0.1, -0.05) is 201 Å². The predicted molar refractivity (Wildman–Crippen MR) is 267 cm³/mol. The third-order valence-electron chi connectivity index (χ3n) is 11.5. The Labute approximate surface area is 390 Å². The van der Waals surface area contributed by atoms with Gasteiger partial charge in [0, 0.05) is 6.42 Å². The molecule has 1 rings (SSSR count). The highest BCUT2D eigenvalue weighted by Crippen LogP contribution is 2.23. The van der Waals surface area contributed by atoms with Crippen LogP contribution in [0.4, 0.5) is 0 Å². The van der Waals surface area contributed by atoms with E-state index in [2.05, 4.69) is 116 Å². The Balaban J connectivity index is 2.22. The summed E-state index contributed by atoms with van der Waals surface area (Å²) in [5.74, 6) is -0.166. The van der Waals surface area contributed by atoms with Gasteiger partial charge in [-0.05, 0) is 77.0 Å². The second-order valence-corrected chi connectivity index (χ2v) is 17.2. The Morgan fingerprint density at radius 2 is 0.969 bits per heavy atom. The van der Waals surface area contributed by atoms with Crippen molar-refractivity contribution in [1.82, 2.24) is 5.32 Å². The number of hydrogen-bond acceptors (Lipinski definition) is 8. The molecule has 6 N–H and O–H groups in total. The first kappa shape index (κ1) is 59.1. The van der Waals surface area contributed by atoms with Crippen LogP contribution in [0.15, 0.2) is 97.2 Å². The summed E-state index contributed by atoms with van der Waals surface area (Å²) in [4.78, 5) is 13.0. The largest absolute Gasteiger partial charge is 0.394 e. The van der Waals surface area contributed by atoms with Gasteiger partial charge < -0.3 is 40.3 Å². The van der Waals surface area contributed by atoms with Gasteiger partial charge in [0.15, 0.2) is 6.29 Å². The van der Waals surface area contributed by atoms with E-state index in [0.29, 0.717) is 12.8 Å². The molecule has 7 atom stereocenters. The van der Waals surface area contributed by atoms with Crippen LogP contribution in [-0.2, 0) is 14.3 Å². The van der Waals surface area contributed by atoms with E-state index in [4.69, 9.17) is 9.47 Å². The molecule has 0 aliphatic carbocycles. The van der Waals surface area contributed by atoms with Crippen molar-refractivity contribution in [3.05, 3.63) is 97.2 Å². The second-order valence-electron chi connectivity index (χ2n) is 17.2. The first-order valence-electron chi connectivity index (χ1n) is 25.4. The Bertz CT molecular complexity index is 1320. The van der Waals surface area contributed by atoms with Gasteiger partial charge in [-0.3, -0.25) is 4.79 Å². The summed E-state index contributed by atoms with van der Waals surface area (Å²) in [6.07, 6.45) is 55.7. The number of carbonyl (C=O) groups excluding carboxylic acids is 1. The first-order valence-corrected chi connectivity index (χ1v) is 25.4. The molecule has 0 aromatic heterocycles. The molecule has 64 heavy (non-hydrogen) atoms. The van der Waals surface area contributed by atoms with Crippen molar-refractivity contribution in [2.75, 3.05) is 13.2 Å². The molecular formula is C55H93NO8. The van der Waals surface area contributed by atoms with Gasteiger partial charge in [-0.15, -0.1) is 0 Å². The van der Waals surface area contributed by atoms with E-state index in [1.807, 2.05) is 0 Å². The molecule has 1 aliphatic heterocycles. The maximum atomic E-state index is 13.0. The van der Waals surface area contributed by atoms with Crippen LogP contribution in [0.25, 0.3) is 0 Å². The number of hydrogen-bond donors (Lipinski definition) is 6. The van der Waals surface area contributed by atoms with E-state index in [9.17, 15) is 30.3 Å². The smallest absolute Gasteiger partial charge is 0.220 e. The molecule has 0 bridgehead atoms. The van der Waals surface area contributed by atoms with Gasteiger partial charge >= 0.3 is 0 Å². The zero-order chi connectivity index (χ0) is 46.6. The van der Waals surface area contributed by atoms with Crippen molar-refractivity contribution in [3.8, 4) is 0 Å². The van der Waals surface area contributed by atoms with Gasteiger partial charge in [0.25, 0.3) is 0 Å². The fourth-order valence-electron chi connectivity index (χ4n) is 7.41. The summed E-state index contributed by atoms with van der Waals surface area (Å²) in [5, 5.41) is 54.3. The number of aliphatic hydroxyl groups is 5. The molecule has 1 aliphatic rings. The topological polar surface area (TPSA) is 149 Å². The van der Waals surface area contributed by atoms with E-state index in [0.717, 1.165) is 116 Å². The number of nitrogens with one attached hydrogen (secondary N) is 1. The number of rotatable bonds is 41. The summed E-state index contributed by atoms with van der Waals surface area (Å²) in [6.45, 7) is 3.67. The fourth-order valence-corrected chi connectivity index (χ4v) is 7.41. The summed E-state index contributed by atoms with van der Waals surface area (Å²) in [7, 11) is 0. The molecule has 1 amide bonds. The Morgan fingerprint density at radius 1 is 0.547 bits per heavy atom. The molecule has 1 saturated heterocycles. The lowest BCUT2D eigenvalue weighted by atomic mass is 9.99. The average Bonchev–Trinajstić information content (AvgIpc) is 3.29. The first-order chi connectivity index (χ1) is 31.3. The monoisotopic (exact) mass is 896 g/mol.